The fraction of sp³-hybridized carbons (Fsp3) is 1.00. The van der Waals surface area contributed by atoms with Crippen LogP contribution >= 0.6 is 0 Å². The van der Waals surface area contributed by atoms with Gasteiger partial charge in [-0.15, -0.1) is 0 Å². The summed E-state index contributed by atoms with van der Waals surface area (Å²) in [4.78, 5) is 0. The molecule has 9 heteroatoms. The SMILES string of the molecule is O=S(=O)(O)[C@@H]1O[C@H](CO)[C@@H](O)[C@H](O)[C@H]1O. The molecule has 5 N–H and O–H groups in total. The molecule has 8 nitrogen and oxygen atoms in total. The van der Waals surface area contributed by atoms with Crippen LogP contribution in [0.1, 0.15) is 0 Å². The third-order valence-corrected chi connectivity index (χ3v) is 3.12. The molecule has 0 aromatic carbocycles. The Hall–Kier alpha value is -0.290. The highest BCUT2D eigenvalue weighted by Gasteiger charge is 2.48. The van der Waals surface area contributed by atoms with Crippen LogP contribution in [0.25, 0.3) is 0 Å². The molecule has 0 spiro atoms. The molecular weight excluding hydrogens is 232 g/mol. The van der Waals surface area contributed by atoms with Crippen LogP contribution in [0.3, 0.4) is 0 Å². The first kappa shape index (κ1) is 12.8. The van der Waals surface area contributed by atoms with Crippen LogP contribution in [-0.4, -0.2) is 69.9 Å². The number of aliphatic hydroxyl groups excluding tert-OH is 4. The minimum absolute atomic E-state index is 0.753. The van der Waals surface area contributed by atoms with E-state index in [1.165, 1.54) is 0 Å². The van der Waals surface area contributed by atoms with Gasteiger partial charge < -0.3 is 25.2 Å². The van der Waals surface area contributed by atoms with Gasteiger partial charge in [0.05, 0.1) is 6.61 Å². The predicted octanol–water partition coefficient (Wildman–Crippen LogP) is -3.33. The maximum absolute atomic E-state index is 10.7. The first-order chi connectivity index (χ1) is 6.79. The van der Waals surface area contributed by atoms with E-state index < -0.39 is 46.6 Å². The van der Waals surface area contributed by atoms with Crippen LogP contribution in [0, 0.1) is 0 Å². The highest BCUT2D eigenvalue weighted by atomic mass is 32.2. The number of hydrogen-bond acceptors (Lipinski definition) is 7. The topological polar surface area (TPSA) is 145 Å². The van der Waals surface area contributed by atoms with Gasteiger partial charge in [-0.2, -0.15) is 8.42 Å². The van der Waals surface area contributed by atoms with Crippen molar-refractivity contribution in [1.82, 2.24) is 0 Å². The highest BCUT2D eigenvalue weighted by Crippen LogP contribution is 2.23. The Balaban J connectivity index is 2.93. The average Bonchev–Trinajstić information content (AvgIpc) is 2.13. The fourth-order valence-corrected chi connectivity index (χ4v) is 2.11. The lowest BCUT2D eigenvalue weighted by atomic mass is 10.0. The summed E-state index contributed by atoms with van der Waals surface area (Å²) < 4.78 is 34.6. The maximum atomic E-state index is 10.7. The second-order valence-electron chi connectivity index (χ2n) is 3.21. The standard InChI is InChI=1S/C6H12O8S/c7-1-2-3(8)4(9)5(10)6(14-2)15(11,12)13/h2-10H,1H2,(H,11,12,13)/t2-,3-,4+,5-,6+/m1/s1. The lowest BCUT2D eigenvalue weighted by Gasteiger charge is -2.38. The zero-order valence-corrected chi connectivity index (χ0v) is 8.28. The van der Waals surface area contributed by atoms with Gasteiger partial charge in [0.1, 0.15) is 24.4 Å². The second kappa shape index (κ2) is 4.29. The summed E-state index contributed by atoms with van der Waals surface area (Å²) in [5.41, 5.74) is -2.08. The molecule has 1 saturated heterocycles. The monoisotopic (exact) mass is 244 g/mol. The lowest BCUT2D eigenvalue weighted by Crippen LogP contribution is -2.60. The molecule has 0 aliphatic carbocycles. The van der Waals surface area contributed by atoms with Gasteiger partial charge in [-0.25, -0.2) is 0 Å². The zero-order chi connectivity index (χ0) is 11.8. The molecule has 90 valence electrons. The van der Waals surface area contributed by atoms with Crippen molar-refractivity contribution in [3.8, 4) is 0 Å². The van der Waals surface area contributed by atoms with Crippen molar-refractivity contribution in [3.63, 3.8) is 0 Å². The van der Waals surface area contributed by atoms with E-state index in [2.05, 4.69) is 4.74 Å². The van der Waals surface area contributed by atoms with Crippen molar-refractivity contribution in [1.29, 1.82) is 0 Å². The molecule has 0 aromatic rings. The van der Waals surface area contributed by atoms with Crippen LogP contribution in [0.15, 0.2) is 0 Å². The molecule has 1 aliphatic heterocycles. The van der Waals surface area contributed by atoms with Gasteiger partial charge >= 0.3 is 0 Å². The van der Waals surface area contributed by atoms with E-state index in [-0.39, 0.29) is 0 Å². The Morgan fingerprint density at radius 1 is 1.07 bits per heavy atom. The quantitative estimate of drug-likeness (QED) is 0.317. The Morgan fingerprint density at radius 3 is 2.00 bits per heavy atom. The van der Waals surface area contributed by atoms with Gasteiger partial charge in [0.25, 0.3) is 10.1 Å². The lowest BCUT2D eigenvalue weighted by molar-refractivity contribution is -0.208. The first-order valence-electron chi connectivity index (χ1n) is 4.06. The van der Waals surface area contributed by atoms with E-state index in [0.29, 0.717) is 0 Å². The van der Waals surface area contributed by atoms with Crippen molar-refractivity contribution in [2.75, 3.05) is 6.61 Å². The molecule has 0 bridgehead atoms. The molecule has 0 unspecified atom stereocenters. The maximum Gasteiger partial charge on any atom is 0.295 e. The second-order valence-corrected chi connectivity index (χ2v) is 4.71. The van der Waals surface area contributed by atoms with Crippen molar-refractivity contribution >= 4 is 10.1 Å². The fourth-order valence-electron chi connectivity index (χ4n) is 1.31. The summed E-state index contributed by atoms with van der Waals surface area (Å²) in [6, 6.07) is 0. The van der Waals surface area contributed by atoms with E-state index in [4.69, 9.17) is 9.66 Å². The molecule has 1 rings (SSSR count). The predicted molar refractivity (Wildman–Crippen MR) is 45.3 cm³/mol. The largest absolute Gasteiger partial charge is 0.394 e. The molecule has 0 radical (unpaired) electrons. The van der Waals surface area contributed by atoms with Gasteiger partial charge in [-0.1, -0.05) is 0 Å². The summed E-state index contributed by atoms with van der Waals surface area (Å²) in [5, 5.41) is 36.3. The van der Waals surface area contributed by atoms with Crippen molar-refractivity contribution in [2.24, 2.45) is 0 Å². The zero-order valence-electron chi connectivity index (χ0n) is 7.46. The summed E-state index contributed by atoms with van der Waals surface area (Å²) in [6.07, 6.45) is -6.79. The number of ether oxygens (including phenoxy) is 1. The first-order valence-corrected chi connectivity index (χ1v) is 5.56. The average molecular weight is 244 g/mol. The van der Waals surface area contributed by atoms with Gasteiger partial charge in [0.2, 0.25) is 5.44 Å². The van der Waals surface area contributed by atoms with Crippen LogP contribution in [0.5, 0.6) is 0 Å². The highest BCUT2D eigenvalue weighted by molar-refractivity contribution is 7.86. The normalized spacial score (nSPS) is 42.9. The third-order valence-electron chi connectivity index (χ3n) is 2.14. The van der Waals surface area contributed by atoms with Crippen molar-refractivity contribution in [3.05, 3.63) is 0 Å². The van der Waals surface area contributed by atoms with Crippen LogP contribution in [0.4, 0.5) is 0 Å². The minimum atomic E-state index is -4.73. The number of aliphatic hydroxyl groups is 4. The van der Waals surface area contributed by atoms with Crippen LogP contribution < -0.4 is 0 Å². The summed E-state index contributed by atoms with van der Waals surface area (Å²) in [7, 11) is -4.73. The molecule has 1 fully saturated rings. The molecule has 5 atom stereocenters. The van der Waals surface area contributed by atoms with Crippen molar-refractivity contribution < 1.29 is 38.1 Å². The molecule has 15 heavy (non-hydrogen) atoms. The molecule has 0 amide bonds. The van der Waals surface area contributed by atoms with Gasteiger partial charge in [-0.3, -0.25) is 4.55 Å². The Bertz CT molecular complexity index is 311. The van der Waals surface area contributed by atoms with Crippen molar-refractivity contribution in [2.45, 2.75) is 29.9 Å². The molecule has 0 aromatic heterocycles. The molecular formula is C6H12O8S. The Kier molecular flexibility index (Phi) is 3.66. The molecule has 1 aliphatic rings. The minimum Gasteiger partial charge on any atom is -0.394 e. The summed E-state index contributed by atoms with van der Waals surface area (Å²) in [5.74, 6) is 0. The Morgan fingerprint density at radius 2 is 1.60 bits per heavy atom. The van der Waals surface area contributed by atoms with Crippen LogP contribution in [-0.2, 0) is 14.9 Å². The number of rotatable bonds is 2. The van der Waals surface area contributed by atoms with Gasteiger partial charge in [0, 0.05) is 0 Å². The van der Waals surface area contributed by atoms with Gasteiger partial charge in [0.15, 0.2) is 0 Å². The summed E-state index contributed by atoms with van der Waals surface area (Å²) in [6.45, 7) is -0.753. The van der Waals surface area contributed by atoms with Gasteiger partial charge in [-0.05, 0) is 0 Å². The Labute approximate surface area is 85.5 Å². The third kappa shape index (κ3) is 2.45. The molecule has 0 saturated carbocycles. The van der Waals surface area contributed by atoms with E-state index in [9.17, 15) is 23.7 Å². The smallest absolute Gasteiger partial charge is 0.295 e. The van der Waals surface area contributed by atoms with E-state index in [1.807, 2.05) is 0 Å². The van der Waals surface area contributed by atoms with E-state index in [1.54, 1.807) is 0 Å². The van der Waals surface area contributed by atoms with Crippen LogP contribution in [0.2, 0.25) is 0 Å². The van der Waals surface area contributed by atoms with E-state index >= 15 is 0 Å². The summed E-state index contributed by atoms with van der Waals surface area (Å²) >= 11 is 0. The molecule has 1 heterocycles. The van der Waals surface area contributed by atoms with E-state index in [0.717, 1.165) is 0 Å². The number of hydrogen-bond donors (Lipinski definition) is 5.